The number of fused-ring (bicyclic) bond motifs is 3. The maximum absolute atomic E-state index is 10.9. The Hall–Kier alpha value is -0.570. The minimum absolute atomic E-state index is 0.104. The van der Waals surface area contributed by atoms with Crippen molar-refractivity contribution in [3.05, 3.63) is 0 Å². The van der Waals surface area contributed by atoms with Crippen molar-refractivity contribution in [3.8, 4) is 0 Å². The van der Waals surface area contributed by atoms with Gasteiger partial charge in [-0.15, -0.1) is 0 Å². The Labute approximate surface area is 72.4 Å². The van der Waals surface area contributed by atoms with Gasteiger partial charge in [-0.25, -0.2) is 0 Å². The summed E-state index contributed by atoms with van der Waals surface area (Å²) in [5, 5.41) is 9.00. The molecular formula is C9H15NO2. The lowest BCUT2D eigenvalue weighted by atomic mass is 9.74. The number of nitrogens with zero attached hydrogens (tertiary/aromatic N) is 1. The van der Waals surface area contributed by atoms with Crippen molar-refractivity contribution in [2.75, 3.05) is 13.1 Å². The predicted molar refractivity (Wildman–Crippen MR) is 44.9 cm³/mol. The predicted octanol–water partition coefficient (Wildman–Crippen LogP) is 0.801. The third-order valence-corrected chi connectivity index (χ3v) is 3.46. The van der Waals surface area contributed by atoms with Gasteiger partial charge in [0.05, 0.1) is 5.92 Å². The number of rotatable bonds is 1. The van der Waals surface area contributed by atoms with Crippen LogP contribution in [0.25, 0.3) is 0 Å². The van der Waals surface area contributed by atoms with E-state index < -0.39 is 5.97 Å². The summed E-state index contributed by atoms with van der Waals surface area (Å²) in [5.41, 5.74) is 0. The van der Waals surface area contributed by atoms with Crippen LogP contribution in [0.4, 0.5) is 0 Å². The van der Waals surface area contributed by atoms with Crippen LogP contribution in [0.5, 0.6) is 0 Å². The molecule has 0 aromatic rings. The summed E-state index contributed by atoms with van der Waals surface area (Å²) in [5.74, 6) is -0.258. The molecule has 2 atom stereocenters. The van der Waals surface area contributed by atoms with E-state index in [9.17, 15) is 4.79 Å². The Bertz CT molecular complexity index is 195. The minimum atomic E-state index is -0.600. The van der Waals surface area contributed by atoms with E-state index in [4.69, 9.17) is 5.11 Å². The Balaban J connectivity index is 2.18. The molecule has 2 unspecified atom stereocenters. The molecule has 3 aliphatic heterocycles. The lowest BCUT2D eigenvalue weighted by Gasteiger charge is -2.47. The van der Waals surface area contributed by atoms with Crippen LogP contribution in [0, 0.1) is 11.8 Å². The highest BCUT2D eigenvalue weighted by Crippen LogP contribution is 2.36. The molecule has 3 heteroatoms. The quantitative estimate of drug-likeness (QED) is 0.631. The van der Waals surface area contributed by atoms with Crippen molar-refractivity contribution in [2.24, 2.45) is 11.8 Å². The molecule has 3 nitrogen and oxygen atoms in total. The van der Waals surface area contributed by atoms with Gasteiger partial charge in [0.25, 0.3) is 0 Å². The topological polar surface area (TPSA) is 40.5 Å². The standard InChI is InChI=1S/C9H15NO2/c1-6-8(9(11)12)7-2-4-10(6)5-3-7/h6-8H,2-5H2,1H3,(H,11,12). The SMILES string of the molecule is CC1C(C(=O)O)C2CCN1CC2. The second-order valence-corrected chi connectivity index (χ2v) is 3.98. The largest absolute Gasteiger partial charge is 0.481 e. The second-order valence-electron chi connectivity index (χ2n) is 3.98. The van der Waals surface area contributed by atoms with E-state index in [2.05, 4.69) is 4.90 Å². The molecule has 0 aliphatic carbocycles. The third-order valence-electron chi connectivity index (χ3n) is 3.46. The first-order valence-electron chi connectivity index (χ1n) is 4.67. The molecule has 0 spiro atoms. The highest BCUT2D eigenvalue weighted by atomic mass is 16.4. The molecule has 3 heterocycles. The van der Waals surface area contributed by atoms with E-state index in [1.54, 1.807) is 0 Å². The van der Waals surface area contributed by atoms with Gasteiger partial charge in [-0.3, -0.25) is 9.69 Å². The number of piperidine rings is 3. The molecule has 3 saturated heterocycles. The Kier molecular flexibility index (Phi) is 1.83. The lowest BCUT2D eigenvalue weighted by Crippen LogP contribution is -2.55. The third kappa shape index (κ3) is 1.04. The molecule has 0 aromatic heterocycles. The van der Waals surface area contributed by atoms with Gasteiger partial charge < -0.3 is 5.11 Å². The zero-order valence-electron chi connectivity index (χ0n) is 7.36. The van der Waals surface area contributed by atoms with Gasteiger partial charge in [0.2, 0.25) is 0 Å². The summed E-state index contributed by atoms with van der Waals surface area (Å²) in [6.45, 7) is 4.26. The Morgan fingerprint density at radius 3 is 2.33 bits per heavy atom. The first kappa shape index (κ1) is 8.05. The van der Waals surface area contributed by atoms with Gasteiger partial charge in [0, 0.05) is 6.04 Å². The number of hydrogen-bond acceptors (Lipinski definition) is 2. The van der Waals surface area contributed by atoms with E-state index in [0.29, 0.717) is 5.92 Å². The van der Waals surface area contributed by atoms with E-state index in [1.807, 2.05) is 6.92 Å². The average molecular weight is 169 g/mol. The normalized spacial score (nSPS) is 46.1. The van der Waals surface area contributed by atoms with E-state index in [0.717, 1.165) is 25.9 Å². The van der Waals surface area contributed by atoms with Crippen LogP contribution in [0.1, 0.15) is 19.8 Å². The summed E-state index contributed by atoms with van der Waals surface area (Å²) in [4.78, 5) is 13.2. The highest BCUT2D eigenvalue weighted by molar-refractivity contribution is 5.71. The molecule has 0 amide bonds. The maximum atomic E-state index is 10.9. The molecular weight excluding hydrogens is 154 g/mol. The monoisotopic (exact) mass is 169 g/mol. The molecule has 0 aromatic carbocycles. The molecule has 1 N–H and O–H groups in total. The molecule has 3 aliphatic rings. The van der Waals surface area contributed by atoms with Crippen LogP contribution in [-0.4, -0.2) is 35.1 Å². The number of carbonyl (C=O) groups is 1. The average Bonchev–Trinajstić information content (AvgIpc) is 2.05. The molecule has 3 fully saturated rings. The minimum Gasteiger partial charge on any atom is -0.481 e. The maximum Gasteiger partial charge on any atom is 0.308 e. The highest BCUT2D eigenvalue weighted by Gasteiger charge is 2.43. The molecule has 12 heavy (non-hydrogen) atoms. The summed E-state index contributed by atoms with van der Waals surface area (Å²) in [7, 11) is 0. The summed E-state index contributed by atoms with van der Waals surface area (Å²) in [6.07, 6.45) is 2.17. The van der Waals surface area contributed by atoms with E-state index >= 15 is 0 Å². The number of aliphatic carboxylic acids is 1. The van der Waals surface area contributed by atoms with Gasteiger partial charge >= 0.3 is 5.97 Å². The van der Waals surface area contributed by atoms with Crippen molar-refractivity contribution in [1.82, 2.24) is 4.90 Å². The van der Waals surface area contributed by atoms with Gasteiger partial charge in [-0.1, -0.05) is 0 Å². The molecule has 68 valence electrons. The fourth-order valence-corrected chi connectivity index (χ4v) is 2.71. The zero-order valence-corrected chi connectivity index (χ0v) is 7.36. The van der Waals surface area contributed by atoms with Crippen LogP contribution >= 0.6 is 0 Å². The second kappa shape index (κ2) is 2.73. The van der Waals surface area contributed by atoms with Crippen molar-refractivity contribution in [3.63, 3.8) is 0 Å². The Morgan fingerprint density at radius 2 is 2.00 bits per heavy atom. The van der Waals surface area contributed by atoms with Crippen molar-refractivity contribution >= 4 is 5.97 Å². The van der Waals surface area contributed by atoms with Gasteiger partial charge in [-0.05, 0) is 38.8 Å². The van der Waals surface area contributed by atoms with Crippen LogP contribution < -0.4 is 0 Å². The van der Waals surface area contributed by atoms with Crippen molar-refractivity contribution in [2.45, 2.75) is 25.8 Å². The van der Waals surface area contributed by atoms with Crippen molar-refractivity contribution in [1.29, 1.82) is 0 Å². The summed E-state index contributed by atoms with van der Waals surface area (Å²) in [6, 6.07) is 0.259. The first-order chi connectivity index (χ1) is 5.70. The number of carboxylic acids is 1. The summed E-state index contributed by atoms with van der Waals surface area (Å²) < 4.78 is 0. The van der Waals surface area contributed by atoms with Crippen molar-refractivity contribution < 1.29 is 9.90 Å². The fourth-order valence-electron chi connectivity index (χ4n) is 2.71. The fraction of sp³-hybridized carbons (Fsp3) is 0.889. The zero-order chi connectivity index (χ0) is 8.72. The molecule has 3 rings (SSSR count). The number of hydrogen-bond donors (Lipinski definition) is 1. The number of carboxylic acid groups (broad SMARTS) is 1. The lowest BCUT2D eigenvalue weighted by molar-refractivity contribution is -0.152. The smallest absolute Gasteiger partial charge is 0.308 e. The molecule has 0 radical (unpaired) electrons. The molecule has 0 saturated carbocycles. The van der Waals surface area contributed by atoms with Crippen LogP contribution in [0.15, 0.2) is 0 Å². The van der Waals surface area contributed by atoms with E-state index in [-0.39, 0.29) is 12.0 Å². The Morgan fingerprint density at radius 1 is 1.42 bits per heavy atom. The van der Waals surface area contributed by atoms with Gasteiger partial charge in [0.1, 0.15) is 0 Å². The van der Waals surface area contributed by atoms with Gasteiger partial charge in [-0.2, -0.15) is 0 Å². The van der Waals surface area contributed by atoms with Crippen LogP contribution in [-0.2, 0) is 4.79 Å². The van der Waals surface area contributed by atoms with Crippen LogP contribution in [0.3, 0.4) is 0 Å². The first-order valence-corrected chi connectivity index (χ1v) is 4.67. The van der Waals surface area contributed by atoms with E-state index in [1.165, 1.54) is 0 Å². The van der Waals surface area contributed by atoms with Gasteiger partial charge in [0.15, 0.2) is 0 Å². The summed E-state index contributed by atoms with van der Waals surface area (Å²) >= 11 is 0. The van der Waals surface area contributed by atoms with Crippen LogP contribution in [0.2, 0.25) is 0 Å². The molecule has 2 bridgehead atoms.